The molecular weight excluding hydrogens is 237 g/mol. The quantitative estimate of drug-likeness (QED) is 0.780. The number of rotatable bonds is 4. The molecule has 0 bridgehead atoms. The van der Waals surface area contributed by atoms with Gasteiger partial charge in [-0.3, -0.25) is 4.99 Å². The molecule has 16 heavy (non-hydrogen) atoms. The predicted molar refractivity (Wildman–Crippen MR) is 61.8 cm³/mol. The zero-order valence-corrected chi connectivity index (χ0v) is 10.3. The summed E-state index contributed by atoms with van der Waals surface area (Å²) in [6.07, 6.45) is -4.74. The van der Waals surface area contributed by atoms with Crippen molar-refractivity contribution in [2.75, 3.05) is 12.3 Å². The molecule has 1 heterocycles. The third-order valence-electron chi connectivity index (χ3n) is 2.39. The van der Waals surface area contributed by atoms with E-state index in [9.17, 15) is 13.2 Å². The SMILES string of the molecule is CC(C)[C@H]1CSC(=NCCCC(F)(F)F)N1. The summed E-state index contributed by atoms with van der Waals surface area (Å²) >= 11 is 1.59. The average molecular weight is 254 g/mol. The van der Waals surface area contributed by atoms with Gasteiger partial charge in [0.2, 0.25) is 0 Å². The van der Waals surface area contributed by atoms with Crippen LogP contribution in [0.4, 0.5) is 13.2 Å². The fourth-order valence-corrected chi connectivity index (χ4v) is 2.54. The molecule has 0 aliphatic carbocycles. The number of nitrogens with zero attached hydrogens (tertiary/aromatic N) is 1. The summed E-state index contributed by atoms with van der Waals surface area (Å²) in [7, 11) is 0. The molecule has 1 aliphatic heterocycles. The highest BCUT2D eigenvalue weighted by Gasteiger charge is 2.26. The van der Waals surface area contributed by atoms with Crippen LogP contribution in [-0.2, 0) is 0 Å². The van der Waals surface area contributed by atoms with Crippen LogP contribution in [0.25, 0.3) is 0 Å². The monoisotopic (exact) mass is 254 g/mol. The normalized spacial score (nSPS) is 24.1. The second kappa shape index (κ2) is 5.80. The molecule has 0 aromatic carbocycles. The topological polar surface area (TPSA) is 24.4 Å². The van der Waals surface area contributed by atoms with Gasteiger partial charge < -0.3 is 5.32 Å². The lowest BCUT2D eigenvalue weighted by atomic mass is 10.1. The Kier molecular flexibility index (Phi) is 4.95. The Bertz CT molecular complexity index is 251. The van der Waals surface area contributed by atoms with E-state index in [1.54, 1.807) is 11.8 Å². The van der Waals surface area contributed by atoms with Crippen molar-refractivity contribution in [2.45, 2.75) is 38.9 Å². The van der Waals surface area contributed by atoms with Crippen molar-refractivity contribution in [3.8, 4) is 0 Å². The Morgan fingerprint density at radius 2 is 2.19 bits per heavy atom. The zero-order chi connectivity index (χ0) is 12.2. The van der Waals surface area contributed by atoms with Gasteiger partial charge in [-0.15, -0.1) is 0 Å². The van der Waals surface area contributed by atoms with Gasteiger partial charge in [0.15, 0.2) is 5.17 Å². The molecule has 1 rings (SSSR count). The van der Waals surface area contributed by atoms with Gasteiger partial charge in [0.05, 0.1) is 0 Å². The Balaban J connectivity index is 2.22. The smallest absolute Gasteiger partial charge is 0.361 e. The van der Waals surface area contributed by atoms with Crippen LogP contribution in [0.5, 0.6) is 0 Å². The third-order valence-corrected chi connectivity index (χ3v) is 3.43. The van der Waals surface area contributed by atoms with E-state index in [0.29, 0.717) is 12.0 Å². The van der Waals surface area contributed by atoms with Crippen LogP contribution >= 0.6 is 11.8 Å². The number of hydrogen-bond donors (Lipinski definition) is 1. The standard InChI is InChI=1S/C10H17F3N2S/c1-7(2)8-6-16-9(15-8)14-5-3-4-10(11,12)13/h7-8H,3-6H2,1-2H3,(H,14,15)/t8-/m1/s1. The minimum absolute atomic E-state index is 0.0710. The number of thioether (sulfide) groups is 1. The van der Waals surface area contributed by atoms with Gasteiger partial charge in [-0.2, -0.15) is 13.2 Å². The molecule has 0 amide bonds. The van der Waals surface area contributed by atoms with Gasteiger partial charge in [0.1, 0.15) is 0 Å². The maximum atomic E-state index is 11.9. The fraction of sp³-hybridized carbons (Fsp3) is 0.900. The largest absolute Gasteiger partial charge is 0.389 e. The Labute approximate surface area is 98.1 Å². The lowest BCUT2D eigenvalue weighted by molar-refractivity contribution is -0.134. The first kappa shape index (κ1) is 13.7. The molecule has 1 atom stereocenters. The Morgan fingerprint density at radius 1 is 1.50 bits per heavy atom. The zero-order valence-electron chi connectivity index (χ0n) is 9.47. The summed E-state index contributed by atoms with van der Waals surface area (Å²) in [5, 5.41) is 4.01. The Hall–Kier alpha value is -0.390. The average Bonchev–Trinajstić information content (AvgIpc) is 2.59. The summed E-state index contributed by atoms with van der Waals surface area (Å²) in [6, 6.07) is 0.395. The molecule has 1 saturated heterocycles. The number of halogens is 3. The van der Waals surface area contributed by atoms with Gasteiger partial charge in [0.25, 0.3) is 0 Å². The highest BCUT2D eigenvalue weighted by atomic mass is 32.2. The molecule has 1 N–H and O–H groups in total. The van der Waals surface area contributed by atoms with Crippen LogP contribution in [0.3, 0.4) is 0 Å². The van der Waals surface area contributed by atoms with Crippen molar-refractivity contribution < 1.29 is 13.2 Å². The summed E-state index contributed by atoms with van der Waals surface area (Å²) < 4.78 is 35.6. The molecule has 2 nitrogen and oxygen atoms in total. The lowest BCUT2D eigenvalue weighted by Crippen LogP contribution is -2.31. The van der Waals surface area contributed by atoms with Crippen LogP contribution in [0.2, 0.25) is 0 Å². The molecule has 0 unspecified atom stereocenters. The predicted octanol–water partition coefficient (Wildman–Crippen LogP) is 3.05. The number of amidine groups is 1. The molecule has 94 valence electrons. The van der Waals surface area contributed by atoms with Gasteiger partial charge in [-0.1, -0.05) is 25.6 Å². The lowest BCUT2D eigenvalue weighted by Gasteiger charge is -2.13. The number of alkyl halides is 3. The molecule has 0 saturated carbocycles. The molecule has 6 heteroatoms. The van der Waals surface area contributed by atoms with Crippen molar-refractivity contribution in [3.63, 3.8) is 0 Å². The highest BCUT2D eigenvalue weighted by Crippen LogP contribution is 2.22. The molecule has 1 aliphatic rings. The molecular formula is C10H17F3N2S. The summed E-state index contributed by atoms with van der Waals surface area (Å²) in [5.74, 6) is 1.48. The minimum Gasteiger partial charge on any atom is -0.361 e. The first-order valence-electron chi connectivity index (χ1n) is 5.39. The maximum Gasteiger partial charge on any atom is 0.389 e. The van der Waals surface area contributed by atoms with Crippen LogP contribution in [0, 0.1) is 5.92 Å². The van der Waals surface area contributed by atoms with E-state index >= 15 is 0 Å². The van der Waals surface area contributed by atoms with E-state index in [-0.39, 0.29) is 13.0 Å². The first-order valence-corrected chi connectivity index (χ1v) is 6.37. The van der Waals surface area contributed by atoms with Crippen molar-refractivity contribution in [2.24, 2.45) is 10.9 Å². The molecule has 0 radical (unpaired) electrons. The second-order valence-electron chi connectivity index (χ2n) is 4.21. The second-order valence-corrected chi connectivity index (χ2v) is 5.22. The van der Waals surface area contributed by atoms with Crippen molar-refractivity contribution in [1.29, 1.82) is 0 Å². The van der Waals surface area contributed by atoms with E-state index in [4.69, 9.17) is 0 Å². The van der Waals surface area contributed by atoms with Crippen LogP contribution in [0.15, 0.2) is 4.99 Å². The number of hydrogen-bond acceptors (Lipinski definition) is 2. The van der Waals surface area contributed by atoms with Crippen molar-refractivity contribution in [1.82, 2.24) is 5.32 Å². The molecule has 0 aromatic rings. The van der Waals surface area contributed by atoms with E-state index in [0.717, 1.165) is 10.9 Å². The van der Waals surface area contributed by atoms with E-state index in [2.05, 4.69) is 24.2 Å². The third kappa shape index (κ3) is 5.09. The fourth-order valence-electron chi connectivity index (χ4n) is 1.32. The molecule has 0 aromatic heterocycles. The van der Waals surface area contributed by atoms with Crippen LogP contribution in [-0.4, -0.2) is 29.7 Å². The van der Waals surface area contributed by atoms with Crippen LogP contribution in [0.1, 0.15) is 26.7 Å². The number of aliphatic imine (C=N–C) groups is 1. The van der Waals surface area contributed by atoms with Gasteiger partial charge in [-0.25, -0.2) is 0 Å². The van der Waals surface area contributed by atoms with Gasteiger partial charge in [0, 0.05) is 24.8 Å². The van der Waals surface area contributed by atoms with E-state index in [1.807, 2.05) is 0 Å². The Morgan fingerprint density at radius 3 is 2.69 bits per heavy atom. The van der Waals surface area contributed by atoms with Crippen molar-refractivity contribution >= 4 is 16.9 Å². The van der Waals surface area contributed by atoms with Crippen molar-refractivity contribution in [3.05, 3.63) is 0 Å². The van der Waals surface area contributed by atoms with Crippen LogP contribution < -0.4 is 5.32 Å². The van der Waals surface area contributed by atoms with Gasteiger partial charge in [-0.05, 0) is 12.3 Å². The van der Waals surface area contributed by atoms with E-state index < -0.39 is 12.6 Å². The first-order chi connectivity index (χ1) is 7.38. The van der Waals surface area contributed by atoms with E-state index in [1.165, 1.54) is 0 Å². The number of nitrogens with one attached hydrogen (secondary N) is 1. The highest BCUT2D eigenvalue weighted by molar-refractivity contribution is 8.14. The molecule has 1 fully saturated rings. The molecule has 0 spiro atoms. The summed E-state index contributed by atoms with van der Waals surface area (Å²) in [6.45, 7) is 4.48. The minimum atomic E-state index is -4.06. The summed E-state index contributed by atoms with van der Waals surface area (Å²) in [5.41, 5.74) is 0. The summed E-state index contributed by atoms with van der Waals surface area (Å²) in [4.78, 5) is 4.13. The van der Waals surface area contributed by atoms with Gasteiger partial charge >= 0.3 is 6.18 Å². The maximum absolute atomic E-state index is 11.9.